The molecule has 1 saturated carbocycles. The van der Waals surface area contributed by atoms with Gasteiger partial charge in [0.25, 0.3) is 5.69 Å². The maximum absolute atomic E-state index is 11.6. The van der Waals surface area contributed by atoms with Crippen LogP contribution in [-0.2, 0) is 22.7 Å². The summed E-state index contributed by atoms with van der Waals surface area (Å²) < 4.78 is 5.59. The molecule has 0 heterocycles. The fourth-order valence-corrected chi connectivity index (χ4v) is 3.05. The second-order valence-electron chi connectivity index (χ2n) is 6.02. The van der Waals surface area contributed by atoms with E-state index in [0.717, 1.165) is 19.3 Å². The summed E-state index contributed by atoms with van der Waals surface area (Å²) in [5, 5.41) is 29.5. The van der Waals surface area contributed by atoms with Crippen LogP contribution in [-0.4, -0.2) is 27.7 Å². The summed E-state index contributed by atoms with van der Waals surface area (Å²) >= 11 is 0. The van der Waals surface area contributed by atoms with Gasteiger partial charge in [-0.1, -0.05) is 19.3 Å². The second kappa shape index (κ2) is 7.52. The minimum atomic E-state index is -0.822. The van der Waals surface area contributed by atoms with E-state index in [4.69, 9.17) is 4.74 Å². The van der Waals surface area contributed by atoms with Crippen molar-refractivity contribution < 1.29 is 24.7 Å². The summed E-state index contributed by atoms with van der Waals surface area (Å²) in [6.07, 6.45) is 4.07. The molecule has 0 bridgehead atoms. The molecule has 1 aromatic carbocycles. The first-order chi connectivity index (χ1) is 11.0. The van der Waals surface area contributed by atoms with Crippen molar-refractivity contribution in [3.63, 3.8) is 0 Å². The fourth-order valence-electron chi connectivity index (χ4n) is 3.05. The predicted octanol–water partition coefficient (Wildman–Crippen LogP) is 2.64. The van der Waals surface area contributed by atoms with Gasteiger partial charge in [-0.3, -0.25) is 14.9 Å². The molecule has 0 aromatic heterocycles. The van der Waals surface area contributed by atoms with Crippen molar-refractivity contribution in [2.75, 3.05) is 6.61 Å². The van der Waals surface area contributed by atoms with Crippen LogP contribution >= 0.6 is 0 Å². The number of rotatable bonds is 7. The quantitative estimate of drug-likeness (QED) is 0.589. The molecule has 7 nitrogen and oxygen atoms in total. The average molecular weight is 323 g/mol. The molecule has 0 radical (unpaired) electrons. The van der Waals surface area contributed by atoms with E-state index >= 15 is 0 Å². The Bertz CT molecular complexity index is 580. The van der Waals surface area contributed by atoms with Crippen molar-refractivity contribution in [2.45, 2.75) is 45.3 Å². The molecule has 1 aliphatic carbocycles. The Labute approximate surface area is 134 Å². The highest BCUT2D eigenvalue weighted by Gasteiger charge is 2.39. The van der Waals surface area contributed by atoms with Crippen LogP contribution in [0.15, 0.2) is 18.2 Å². The standard InChI is InChI=1S/C16H21NO6/c18-9-13-8-12(4-5-14(13)17(21)22)10-23-11-16(15(19)20)6-2-1-3-7-16/h4-5,8,18H,1-3,6-7,9-11H2,(H,19,20). The number of aliphatic carboxylic acids is 1. The lowest BCUT2D eigenvalue weighted by atomic mass is 9.75. The Kier molecular flexibility index (Phi) is 5.68. The lowest BCUT2D eigenvalue weighted by Crippen LogP contribution is -2.37. The minimum Gasteiger partial charge on any atom is -0.481 e. The molecule has 1 aromatic rings. The van der Waals surface area contributed by atoms with Gasteiger partial charge >= 0.3 is 5.97 Å². The first kappa shape index (κ1) is 17.4. The van der Waals surface area contributed by atoms with Crippen molar-refractivity contribution in [1.82, 2.24) is 0 Å². The molecule has 23 heavy (non-hydrogen) atoms. The van der Waals surface area contributed by atoms with Gasteiger partial charge in [0.2, 0.25) is 0 Å². The summed E-state index contributed by atoms with van der Waals surface area (Å²) in [6, 6.07) is 4.41. The highest BCUT2D eigenvalue weighted by Crippen LogP contribution is 2.37. The van der Waals surface area contributed by atoms with Crippen LogP contribution in [0.25, 0.3) is 0 Å². The number of aliphatic hydroxyl groups excluding tert-OH is 1. The highest BCUT2D eigenvalue weighted by atomic mass is 16.6. The number of nitro groups is 1. The van der Waals surface area contributed by atoms with E-state index in [1.807, 2.05) is 0 Å². The van der Waals surface area contributed by atoms with Gasteiger partial charge in [0.1, 0.15) is 0 Å². The van der Waals surface area contributed by atoms with Gasteiger partial charge in [-0.05, 0) is 30.5 Å². The zero-order chi connectivity index (χ0) is 16.9. The van der Waals surface area contributed by atoms with Crippen LogP contribution in [0.2, 0.25) is 0 Å². The van der Waals surface area contributed by atoms with Gasteiger partial charge < -0.3 is 14.9 Å². The van der Waals surface area contributed by atoms with Crippen LogP contribution in [0.5, 0.6) is 0 Å². The van der Waals surface area contributed by atoms with Gasteiger partial charge in [0, 0.05) is 6.07 Å². The SMILES string of the molecule is O=C(O)C1(COCc2ccc([N+](=O)[O-])c(CO)c2)CCCCC1. The molecule has 0 aliphatic heterocycles. The maximum Gasteiger partial charge on any atom is 0.311 e. The third kappa shape index (κ3) is 4.05. The summed E-state index contributed by atoms with van der Waals surface area (Å²) in [5.41, 5.74) is -0.0537. The van der Waals surface area contributed by atoms with Crippen LogP contribution in [0, 0.1) is 15.5 Å². The first-order valence-corrected chi connectivity index (χ1v) is 7.67. The minimum absolute atomic E-state index is 0.133. The molecule has 1 fully saturated rings. The normalized spacial score (nSPS) is 16.9. The Hall–Kier alpha value is -1.99. The fraction of sp³-hybridized carbons (Fsp3) is 0.562. The van der Waals surface area contributed by atoms with E-state index in [9.17, 15) is 25.1 Å². The van der Waals surface area contributed by atoms with Gasteiger partial charge in [-0.2, -0.15) is 0 Å². The van der Waals surface area contributed by atoms with Crippen molar-refractivity contribution in [3.8, 4) is 0 Å². The Morgan fingerprint density at radius 1 is 1.30 bits per heavy atom. The molecule has 7 heteroatoms. The third-order valence-electron chi connectivity index (χ3n) is 4.42. The number of carboxylic acid groups (broad SMARTS) is 1. The molecule has 2 rings (SSSR count). The van der Waals surface area contributed by atoms with Crippen LogP contribution in [0.1, 0.15) is 43.2 Å². The van der Waals surface area contributed by atoms with Gasteiger partial charge in [0.15, 0.2) is 0 Å². The summed E-state index contributed by atoms with van der Waals surface area (Å²) in [5.74, 6) is -0.822. The molecular formula is C16H21NO6. The van der Waals surface area contributed by atoms with Gasteiger partial charge in [-0.15, -0.1) is 0 Å². The highest BCUT2D eigenvalue weighted by molar-refractivity contribution is 5.74. The number of ether oxygens (including phenoxy) is 1. The number of aliphatic hydroxyl groups is 1. The topological polar surface area (TPSA) is 110 Å². The monoisotopic (exact) mass is 323 g/mol. The summed E-state index contributed by atoms with van der Waals surface area (Å²) in [4.78, 5) is 21.8. The number of hydrogen-bond acceptors (Lipinski definition) is 5. The molecule has 0 spiro atoms. The Morgan fingerprint density at radius 2 is 2.00 bits per heavy atom. The first-order valence-electron chi connectivity index (χ1n) is 7.67. The predicted molar refractivity (Wildman–Crippen MR) is 81.8 cm³/mol. The van der Waals surface area contributed by atoms with Crippen molar-refractivity contribution in [3.05, 3.63) is 39.4 Å². The maximum atomic E-state index is 11.6. The molecule has 0 atom stereocenters. The average Bonchev–Trinajstić information content (AvgIpc) is 2.55. The number of hydrogen-bond donors (Lipinski definition) is 2. The third-order valence-corrected chi connectivity index (χ3v) is 4.42. The second-order valence-corrected chi connectivity index (χ2v) is 6.02. The lowest BCUT2D eigenvalue weighted by Gasteiger charge is -2.32. The molecule has 1 aliphatic rings. The molecule has 2 N–H and O–H groups in total. The van der Waals surface area contributed by atoms with Crippen LogP contribution < -0.4 is 0 Å². The summed E-state index contributed by atoms with van der Waals surface area (Å²) in [6.45, 7) is -0.128. The van der Waals surface area contributed by atoms with E-state index in [0.29, 0.717) is 18.4 Å². The van der Waals surface area contributed by atoms with E-state index in [1.165, 1.54) is 12.1 Å². The van der Waals surface area contributed by atoms with E-state index in [-0.39, 0.29) is 24.5 Å². The van der Waals surface area contributed by atoms with Gasteiger partial charge in [-0.25, -0.2) is 0 Å². The molecule has 126 valence electrons. The molecule has 0 amide bonds. The number of nitrogens with zero attached hydrogens (tertiary/aromatic N) is 1. The van der Waals surface area contributed by atoms with Crippen molar-refractivity contribution in [2.24, 2.45) is 5.41 Å². The molecular weight excluding hydrogens is 302 g/mol. The van der Waals surface area contributed by atoms with Gasteiger partial charge in [0.05, 0.1) is 35.7 Å². The molecule has 0 unspecified atom stereocenters. The molecule has 0 saturated heterocycles. The number of nitro benzene ring substituents is 1. The smallest absolute Gasteiger partial charge is 0.311 e. The number of carboxylic acids is 1. The number of benzene rings is 1. The van der Waals surface area contributed by atoms with Crippen LogP contribution in [0.4, 0.5) is 5.69 Å². The Balaban J connectivity index is 2.00. The lowest BCUT2D eigenvalue weighted by molar-refractivity contribution is -0.385. The van der Waals surface area contributed by atoms with Crippen molar-refractivity contribution >= 4 is 11.7 Å². The van der Waals surface area contributed by atoms with Crippen LogP contribution in [0.3, 0.4) is 0 Å². The van der Waals surface area contributed by atoms with E-state index in [1.54, 1.807) is 6.07 Å². The number of carbonyl (C=O) groups is 1. The Morgan fingerprint density at radius 3 is 2.57 bits per heavy atom. The van der Waals surface area contributed by atoms with E-state index in [2.05, 4.69) is 0 Å². The zero-order valence-electron chi connectivity index (χ0n) is 12.9. The van der Waals surface area contributed by atoms with E-state index < -0.39 is 22.9 Å². The zero-order valence-corrected chi connectivity index (χ0v) is 12.9. The summed E-state index contributed by atoms with van der Waals surface area (Å²) in [7, 11) is 0. The van der Waals surface area contributed by atoms with Crippen molar-refractivity contribution in [1.29, 1.82) is 0 Å². The largest absolute Gasteiger partial charge is 0.481 e.